The lowest BCUT2D eigenvalue weighted by Crippen LogP contribution is -2.32. The Hall–Kier alpha value is -0.220. The van der Waals surface area contributed by atoms with E-state index in [0.29, 0.717) is 18.9 Å². The number of hydrogen-bond acceptors (Lipinski definition) is 3. The summed E-state index contributed by atoms with van der Waals surface area (Å²) in [6, 6.07) is 0. The van der Waals surface area contributed by atoms with Gasteiger partial charge in [-0.1, -0.05) is 0 Å². The van der Waals surface area contributed by atoms with E-state index in [2.05, 4.69) is 0 Å². The number of amides is 1. The number of rotatable bonds is 4. The van der Waals surface area contributed by atoms with Gasteiger partial charge in [-0.2, -0.15) is 11.8 Å². The Balaban J connectivity index is 2.20. The average Bonchev–Trinajstić information content (AvgIpc) is 2.46. The molecule has 2 N–H and O–H groups in total. The fraction of sp³-hybridized carbons (Fsp3) is 0.900. The Morgan fingerprint density at radius 2 is 2.14 bits per heavy atom. The third-order valence-corrected chi connectivity index (χ3v) is 3.47. The van der Waals surface area contributed by atoms with Crippen LogP contribution in [0.1, 0.15) is 25.7 Å². The van der Waals surface area contributed by atoms with Crippen LogP contribution in [0.4, 0.5) is 0 Å². The van der Waals surface area contributed by atoms with Crippen molar-refractivity contribution in [2.75, 3.05) is 31.1 Å². The Morgan fingerprint density at radius 3 is 2.93 bits per heavy atom. The highest BCUT2D eigenvalue weighted by Crippen LogP contribution is 2.11. The van der Waals surface area contributed by atoms with E-state index >= 15 is 0 Å². The largest absolute Gasteiger partial charge is 0.342 e. The molecular weight excluding hydrogens is 196 g/mol. The second kappa shape index (κ2) is 7.12. The highest BCUT2D eigenvalue weighted by atomic mass is 32.2. The van der Waals surface area contributed by atoms with Gasteiger partial charge in [-0.3, -0.25) is 4.79 Å². The zero-order chi connectivity index (χ0) is 10.2. The normalized spacial score (nSPS) is 17.9. The van der Waals surface area contributed by atoms with Crippen molar-refractivity contribution in [3.05, 3.63) is 0 Å². The Morgan fingerprint density at radius 1 is 1.29 bits per heavy atom. The lowest BCUT2D eigenvalue weighted by atomic mass is 10.2. The maximum atomic E-state index is 11.7. The van der Waals surface area contributed by atoms with Crippen molar-refractivity contribution < 1.29 is 4.79 Å². The molecule has 0 aromatic carbocycles. The molecule has 14 heavy (non-hydrogen) atoms. The van der Waals surface area contributed by atoms with Crippen LogP contribution in [0, 0.1) is 0 Å². The van der Waals surface area contributed by atoms with Crippen molar-refractivity contribution in [1.29, 1.82) is 0 Å². The van der Waals surface area contributed by atoms with Crippen molar-refractivity contribution in [3.63, 3.8) is 0 Å². The molecule has 0 bridgehead atoms. The second-order valence-electron chi connectivity index (χ2n) is 3.59. The lowest BCUT2D eigenvalue weighted by molar-refractivity contribution is -0.131. The molecule has 0 spiro atoms. The number of nitrogens with zero attached hydrogens (tertiary/aromatic N) is 1. The minimum absolute atomic E-state index is 0.320. The molecule has 1 heterocycles. The molecule has 1 fully saturated rings. The predicted molar refractivity (Wildman–Crippen MR) is 61.4 cm³/mol. The lowest BCUT2D eigenvalue weighted by Gasteiger charge is -2.19. The topological polar surface area (TPSA) is 46.3 Å². The van der Waals surface area contributed by atoms with Gasteiger partial charge in [0, 0.05) is 25.3 Å². The van der Waals surface area contributed by atoms with Crippen molar-refractivity contribution in [2.24, 2.45) is 5.73 Å². The van der Waals surface area contributed by atoms with Gasteiger partial charge in [0.25, 0.3) is 0 Å². The summed E-state index contributed by atoms with van der Waals surface area (Å²) in [6.07, 6.45) is 3.74. The van der Waals surface area contributed by atoms with Crippen LogP contribution in [0.5, 0.6) is 0 Å². The summed E-state index contributed by atoms with van der Waals surface area (Å²) in [7, 11) is 0. The number of hydrogen-bond donors (Lipinski definition) is 1. The Bertz CT molecular complexity index is 168. The number of unbranched alkanes of at least 4 members (excludes halogenated alkanes) is 1. The molecule has 0 aromatic heterocycles. The van der Waals surface area contributed by atoms with E-state index in [4.69, 9.17) is 5.73 Å². The summed E-state index contributed by atoms with van der Waals surface area (Å²) in [5.41, 5.74) is 5.39. The molecule has 0 radical (unpaired) electrons. The average molecular weight is 216 g/mol. The summed E-state index contributed by atoms with van der Waals surface area (Å²) in [4.78, 5) is 13.7. The summed E-state index contributed by atoms with van der Waals surface area (Å²) >= 11 is 1.95. The highest BCUT2D eigenvalue weighted by molar-refractivity contribution is 7.99. The van der Waals surface area contributed by atoms with Crippen LogP contribution < -0.4 is 5.73 Å². The first kappa shape index (κ1) is 11.9. The maximum absolute atomic E-state index is 11.7. The molecule has 1 saturated heterocycles. The zero-order valence-corrected chi connectivity index (χ0v) is 9.52. The molecule has 3 nitrogen and oxygen atoms in total. The zero-order valence-electron chi connectivity index (χ0n) is 8.71. The standard InChI is InChI=1S/C10H20N2OS/c11-5-2-1-4-10(13)12-6-3-8-14-9-7-12/h1-9,11H2. The van der Waals surface area contributed by atoms with Crippen LogP contribution >= 0.6 is 11.8 Å². The van der Waals surface area contributed by atoms with E-state index in [1.54, 1.807) is 0 Å². The monoisotopic (exact) mass is 216 g/mol. The molecule has 1 aliphatic rings. The summed E-state index contributed by atoms with van der Waals surface area (Å²) in [6.45, 7) is 2.59. The summed E-state index contributed by atoms with van der Waals surface area (Å²) in [5.74, 6) is 2.62. The van der Waals surface area contributed by atoms with Crippen LogP contribution in [-0.4, -0.2) is 41.9 Å². The molecule has 0 aliphatic carbocycles. The molecule has 82 valence electrons. The van der Waals surface area contributed by atoms with Crippen LogP contribution in [0.15, 0.2) is 0 Å². The van der Waals surface area contributed by atoms with E-state index in [-0.39, 0.29) is 0 Å². The van der Waals surface area contributed by atoms with E-state index in [0.717, 1.165) is 38.1 Å². The minimum atomic E-state index is 0.320. The molecule has 1 aliphatic heterocycles. The molecule has 0 aromatic rings. The number of nitrogens with two attached hydrogens (primary N) is 1. The number of carbonyl (C=O) groups excluding carboxylic acids is 1. The van der Waals surface area contributed by atoms with Crippen molar-refractivity contribution in [1.82, 2.24) is 4.90 Å². The van der Waals surface area contributed by atoms with Crippen molar-refractivity contribution in [2.45, 2.75) is 25.7 Å². The third kappa shape index (κ3) is 4.33. The maximum Gasteiger partial charge on any atom is 0.222 e. The van der Waals surface area contributed by atoms with Gasteiger partial charge in [0.1, 0.15) is 0 Å². The molecular formula is C10H20N2OS. The van der Waals surface area contributed by atoms with Crippen LogP contribution in [0.25, 0.3) is 0 Å². The van der Waals surface area contributed by atoms with Crippen molar-refractivity contribution in [3.8, 4) is 0 Å². The van der Waals surface area contributed by atoms with Crippen molar-refractivity contribution >= 4 is 17.7 Å². The first-order chi connectivity index (χ1) is 6.84. The van der Waals surface area contributed by atoms with Crippen LogP contribution in [0.3, 0.4) is 0 Å². The first-order valence-electron chi connectivity index (χ1n) is 5.40. The molecule has 1 amide bonds. The van der Waals surface area contributed by atoms with Crippen LogP contribution in [-0.2, 0) is 4.79 Å². The SMILES string of the molecule is NCCCCC(=O)N1CCCSCC1. The van der Waals surface area contributed by atoms with Gasteiger partial charge < -0.3 is 10.6 Å². The van der Waals surface area contributed by atoms with Crippen LogP contribution in [0.2, 0.25) is 0 Å². The van der Waals surface area contributed by atoms with Gasteiger partial charge in [0.15, 0.2) is 0 Å². The fourth-order valence-corrected chi connectivity index (χ4v) is 2.46. The molecule has 1 rings (SSSR count). The third-order valence-electron chi connectivity index (χ3n) is 2.42. The Labute approximate surface area is 90.4 Å². The van der Waals surface area contributed by atoms with Gasteiger partial charge in [-0.05, 0) is 31.6 Å². The van der Waals surface area contributed by atoms with Gasteiger partial charge in [0.2, 0.25) is 5.91 Å². The molecule has 0 saturated carbocycles. The highest BCUT2D eigenvalue weighted by Gasteiger charge is 2.14. The van der Waals surface area contributed by atoms with Gasteiger partial charge in [0.05, 0.1) is 0 Å². The predicted octanol–water partition coefficient (Wildman–Crippen LogP) is 1.08. The summed E-state index contributed by atoms with van der Waals surface area (Å²) in [5, 5.41) is 0. The quantitative estimate of drug-likeness (QED) is 0.715. The fourth-order valence-electron chi connectivity index (χ4n) is 1.57. The van der Waals surface area contributed by atoms with Gasteiger partial charge in [-0.25, -0.2) is 0 Å². The number of thioether (sulfide) groups is 1. The van der Waals surface area contributed by atoms with E-state index in [9.17, 15) is 4.79 Å². The summed E-state index contributed by atoms with van der Waals surface area (Å²) < 4.78 is 0. The minimum Gasteiger partial charge on any atom is -0.342 e. The first-order valence-corrected chi connectivity index (χ1v) is 6.55. The Kier molecular flexibility index (Phi) is 6.03. The van der Waals surface area contributed by atoms with E-state index in [1.165, 1.54) is 5.75 Å². The van der Waals surface area contributed by atoms with Gasteiger partial charge in [-0.15, -0.1) is 0 Å². The molecule has 4 heteroatoms. The van der Waals surface area contributed by atoms with E-state index < -0.39 is 0 Å². The molecule has 0 atom stereocenters. The molecule has 0 unspecified atom stereocenters. The number of carbonyl (C=O) groups is 1. The second-order valence-corrected chi connectivity index (χ2v) is 4.82. The smallest absolute Gasteiger partial charge is 0.222 e. The van der Waals surface area contributed by atoms with Gasteiger partial charge >= 0.3 is 0 Å². The van der Waals surface area contributed by atoms with E-state index in [1.807, 2.05) is 16.7 Å².